The molecule has 0 spiro atoms. The Hall–Kier alpha value is -1.17. The summed E-state index contributed by atoms with van der Waals surface area (Å²) in [5.74, 6) is 0. The van der Waals surface area contributed by atoms with Crippen LogP contribution in [0.25, 0.3) is 0 Å². The first-order valence-corrected chi connectivity index (χ1v) is 7.25. The number of nitrogens with zero attached hydrogens (tertiary/aromatic N) is 2. The van der Waals surface area contributed by atoms with Crippen LogP contribution >= 0.6 is 27.5 Å². The van der Waals surface area contributed by atoms with Crippen molar-refractivity contribution in [1.82, 2.24) is 9.97 Å². The highest BCUT2D eigenvalue weighted by Crippen LogP contribution is 2.30. The Kier molecular flexibility index (Phi) is 4.62. The predicted molar refractivity (Wildman–Crippen MR) is 84.0 cm³/mol. The van der Waals surface area contributed by atoms with Crippen LogP contribution in [0, 0.1) is 6.92 Å². The number of rotatable bonds is 4. The molecule has 0 aliphatic rings. The second-order valence-electron chi connectivity index (χ2n) is 4.73. The van der Waals surface area contributed by atoms with Gasteiger partial charge in [-0.25, -0.2) is 0 Å². The van der Waals surface area contributed by atoms with Crippen LogP contribution in [0.3, 0.4) is 0 Å². The van der Waals surface area contributed by atoms with E-state index in [0.717, 1.165) is 15.9 Å². The molecule has 0 saturated carbocycles. The zero-order valence-electron chi connectivity index (χ0n) is 11.2. The zero-order valence-corrected chi connectivity index (χ0v) is 13.5. The number of hydrogen-bond acceptors (Lipinski definition) is 4. The van der Waals surface area contributed by atoms with Gasteiger partial charge in [-0.3, -0.25) is 9.97 Å². The normalized spacial score (nSPS) is 13.8. The van der Waals surface area contributed by atoms with Gasteiger partial charge in [0.15, 0.2) is 0 Å². The fourth-order valence-electron chi connectivity index (χ4n) is 2.02. The van der Waals surface area contributed by atoms with Crippen LogP contribution in [0.2, 0.25) is 5.02 Å². The van der Waals surface area contributed by atoms with Crippen molar-refractivity contribution < 1.29 is 5.11 Å². The molecule has 6 heteroatoms. The van der Waals surface area contributed by atoms with Crippen molar-refractivity contribution in [2.24, 2.45) is 0 Å². The molecule has 1 heterocycles. The number of halogens is 2. The average molecular weight is 357 g/mol. The first-order chi connectivity index (χ1) is 9.46. The van der Waals surface area contributed by atoms with Crippen LogP contribution in [-0.4, -0.2) is 21.7 Å². The van der Waals surface area contributed by atoms with Gasteiger partial charge in [0, 0.05) is 22.6 Å². The first kappa shape index (κ1) is 15.2. The number of benzene rings is 1. The van der Waals surface area contributed by atoms with E-state index in [2.05, 4.69) is 31.2 Å². The summed E-state index contributed by atoms with van der Waals surface area (Å²) in [5.41, 5.74) is 1.62. The third kappa shape index (κ3) is 3.11. The number of aromatic nitrogens is 2. The van der Waals surface area contributed by atoms with E-state index < -0.39 is 5.54 Å². The lowest BCUT2D eigenvalue weighted by atomic mass is 9.96. The van der Waals surface area contributed by atoms with Gasteiger partial charge in [-0.2, -0.15) is 0 Å². The molecule has 20 heavy (non-hydrogen) atoms. The Balaban J connectivity index is 2.36. The van der Waals surface area contributed by atoms with E-state index in [1.807, 2.05) is 26.0 Å². The maximum absolute atomic E-state index is 9.78. The highest BCUT2D eigenvalue weighted by atomic mass is 79.9. The van der Waals surface area contributed by atoms with Gasteiger partial charge < -0.3 is 10.4 Å². The summed E-state index contributed by atoms with van der Waals surface area (Å²) in [6.45, 7) is 3.65. The van der Waals surface area contributed by atoms with Gasteiger partial charge in [0.25, 0.3) is 0 Å². The number of aliphatic hydroxyl groups excluding tert-OH is 1. The van der Waals surface area contributed by atoms with Crippen molar-refractivity contribution in [3.8, 4) is 0 Å². The summed E-state index contributed by atoms with van der Waals surface area (Å²) < 4.78 is 0.792. The number of aliphatic hydroxyl groups is 1. The van der Waals surface area contributed by atoms with Crippen LogP contribution < -0.4 is 5.32 Å². The molecule has 2 rings (SSSR count). The molecule has 106 valence electrons. The summed E-state index contributed by atoms with van der Waals surface area (Å²) in [4.78, 5) is 8.56. The molecular formula is C14H15BrClN3O. The van der Waals surface area contributed by atoms with Crippen LogP contribution in [0.4, 0.5) is 5.69 Å². The fraction of sp³-hybridized carbons (Fsp3) is 0.286. The molecule has 4 nitrogen and oxygen atoms in total. The van der Waals surface area contributed by atoms with E-state index in [-0.39, 0.29) is 6.61 Å². The van der Waals surface area contributed by atoms with Gasteiger partial charge in [0.2, 0.25) is 0 Å². The summed E-state index contributed by atoms with van der Waals surface area (Å²) in [5, 5.41) is 13.7. The molecule has 0 amide bonds. The smallest absolute Gasteiger partial charge is 0.102 e. The maximum Gasteiger partial charge on any atom is 0.102 e. The molecule has 1 aromatic heterocycles. The second kappa shape index (κ2) is 6.08. The minimum absolute atomic E-state index is 0.104. The van der Waals surface area contributed by atoms with Crippen LogP contribution in [0.15, 0.2) is 35.1 Å². The summed E-state index contributed by atoms with van der Waals surface area (Å²) in [6.07, 6.45) is 3.26. The van der Waals surface area contributed by atoms with E-state index in [4.69, 9.17) is 11.6 Å². The Morgan fingerprint density at radius 2 is 2.05 bits per heavy atom. The molecule has 1 unspecified atom stereocenters. The summed E-state index contributed by atoms with van der Waals surface area (Å²) >= 11 is 9.37. The Labute approximate surface area is 131 Å². The highest BCUT2D eigenvalue weighted by Gasteiger charge is 2.29. The van der Waals surface area contributed by atoms with Gasteiger partial charge in [-0.1, -0.05) is 11.6 Å². The van der Waals surface area contributed by atoms with E-state index >= 15 is 0 Å². The molecule has 0 bridgehead atoms. The number of anilines is 1. The van der Waals surface area contributed by atoms with Crippen molar-refractivity contribution in [3.63, 3.8) is 0 Å². The maximum atomic E-state index is 9.78. The third-order valence-corrected chi connectivity index (χ3v) is 4.27. The Morgan fingerprint density at radius 3 is 2.65 bits per heavy atom. The van der Waals surface area contributed by atoms with Gasteiger partial charge in [-0.15, -0.1) is 0 Å². The predicted octanol–water partition coefficient (Wildman–Crippen LogP) is 3.52. The van der Waals surface area contributed by atoms with Crippen molar-refractivity contribution in [3.05, 3.63) is 51.5 Å². The lowest BCUT2D eigenvalue weighted by molar-refractivity contribution is 0.220. The van der Waals surface area contributed by atoms with E-state index in [9.17, 15) is 5.11 Å². The Morgan fingerprint density at radius 1 is 1.35 bits per heavy atom. The molecule has 0 radical (unpaired) electrons. The van der Waals surface area contributed by atoms with Crippen LogP contribution in [0.5, 0.6) is 0 Å². The molecule has 1 atom stereocenters. The fourth-order valence-corrected chi connectivity index (χ4v) is 2.51. The topological polar surface area (TPSA) is 58.0 Å². The SMILES string of the molecule is Cc1nccnc1C(C)(CO)Nc1ccc(Cl)c(Br)c1. The second-order valence-corrected chi connectivity index (χ2v) is 6.00. The third-order valence-electron chi connectivity index (χ3n) is 3.06. The lowest BCUT2D eigenvalue weighted by Gasteiger charge is -2.30. The number of aryl methyl sites for hydroxylation is 1. The minimum atomic E-state index is -0.717. The number of nitrogens with one attached hydrogen (secondary N) is 1. The summed E-state index contributed by atoms with van der Waals surface area (Å²) in [7, 11) is 0. The first-order valence-electron chi connectivity index (χ1n) is 6.08. The number of hydrogen-bond donors (Lipinski definition) is 2. The van der Waals surface area contributed by atoms with Gasteiger partial charge in [-0.05, 0) is 48.0 Å². The molecule has 2 aromatic rings. The molecule has 0 fully saturated rings. The highest BCUT2D eigenvalue weighted by molar-refractivity contribution is 9.10. The average Bonchev–Trinajstić information content (AvgIpc) is 2.43. The van der Waals surface area contributed by atoms with Crippen molar-refractivity contribution >= 4 is 33.2 Å². The molecule has 0 saturated heterocycles. The van der Waals surface area contributed by atoms with Gasteiger partial charge >= 0.3 is 0 Å². The van der Waals surface area contributed by atoms with Crippen molar-refractivity contribution in [2.75, 3.05) is 11.9 Å². The molecule has 0 aliphatic carbocycles. The van der Waals surface area contributed by atoms with Crippen molar-refractivity contribution in [2.45, 2.75) is 19.4 Å². The van der Waals surface area contributed by atoms with Gasteiger partial charge in [0.1, 0.15) is 5.54 Å². The van der Waals surface area contributed by atoms with E-state index in [1.54, 1.807) is 18.5 Å². The molecule has 1 aromatic carbocycles. The lowest BCUT2D eigenvalue weighted by Crippen LogP contribution is -2.37. The molecule has 0 aliphatic heterocycles. The molecular weight excluding hydrogens is 342 g/mol. The zero-order chi connectivity index (χ0) is 14.8. The summed E-state index contributed by atoms with van der Waals surface area (Å²) in [6, 6.07) is 5.50. The molecule has 2 N–H and O–H groups in total. The monoisotopic (exact) mass is 355 g/mol. The standard InChI is InChI=1S/C14H15BrClN3O/c1-9-13(18-6-5-17-9)14(2,8-20)19-10-3-4-12(16)11(15)7-10/h3-7,19-20H,8H2,1-2H3. The van der Waals surface area contributed by atoms with Crippen molar-refractivity contribution in [1.29, 1.82) is 0 Å². The van der Waals surface area contributed by atoms with Crippen LogP contribution in [0.1, 0.15) is 18.3 Å². The largest absolute Gasteiger partial charge is 0.394 e. The van der Waals surface area contributed by atoms with Gasteiger partial charge in [0.05, 0.1) is 23.0 Å². The minimum Gasteiger partial charge on any atom is -0.394 e. The van der Waals surface area contributed by atoms with E-state index in [0.29, 0.717) is 10.7 Å². The Bertz CT molecular complexity index is 623. The van der Waals surface area contributed by atoms with E-state index in [1.165, 1.54) is 0 Å². The van der Waals surface area contributed by atoms with Crippen LogP contribution in [-0.2, 0) is 5.54 Å². The quantitative estimate of drug-likeness (QED) is 0.880.